The summed E-state index contributed by atoms with van der Waals surface area (Å²) >= 11 is 3.47. The molecule has 4 amide bonds. The van der Waals surface area contributed by atoms with Crippen molar-refractivity contribution >= 4 is 39.6 Å². The van der Waals surface area contributed by atoms with Gasteiger partial charge in [-0.05, 0) is 36.1 Å². The van der Waals surface area contributed by atoms with E-state index in [2.05, 4.69) is 21.2 Å². The van der Waals surface area contributed by atoms with Gasteiger partial charge in [-0.1, -0.05) is 70.5 Å². The first-order valence-electron chi connectivity index (χ1n) is 12.2. The van der Waals surface area contributed by atoms with Crippen molar-refractivity contribution in [2.45, 2.75) is 38.3 Å². The summed E-state index contributed by atoms with van der Waals surface area (Å²) in [5.41, 5.74) is 1.80. The van der Waals surface area contributed by atoms with Crippen LogP contribution in [0.4, 0.5) is 0 Å². The predicted molar refractivity (Wildman–Crippen MR) is 139 cm³/mol. The fourth-order valence-corrected chi connectivity index (χ4v) is 5.44. The maximum absolute atomic E-state index is 13.6. The van der Waals surface area contributed by atoms with E-state index in [0.717, 1.165) is 15.6 Å². The number of hydrogen-bond donors (Lipinski definition) is 1. The number of fused-ring (bicyclic) bond motifs is 1. The first-order valence-corrected chi connectivity index (χ1v) is 13.0. The molecule has 0 spiro atoms. The van der Waals surface area contributed by atoms with E-state index in [1.165, 1.54) is 4.90 Å². The summed E-state index contributed by atoms with van der Waals surface area (Å²) in [6.45, 7) is 0.241. The Hall–Kier alpha value is -3.26. The Morgan fingerprint density at radius 1 is 1.00 bits per heavy atom. The van der Waals surface area contributed by atoms with Gasteiger partial charge in [0.15, 0.2) is 0 Å². The number of nitrogens with one attached hydrogen (secondary N) is 1. The number of allylic oxidation sites excluding steroid dienone is 2. The lowest BCUT2D eigenvalue weighted by molar-refractivity contribution is -0.144. The average molecular weight is 552 g/mol. The lowest BCUT2D eigenvalue weighted by atomic mass is 9.85. The summed E-state index contributed by atoms with van der Waals surface area (Å²) in [5.74, 6) is -1.61. The van der Waals surface area contributed by atoms with Gasteiger partial charge >= 0.3 is 0 Å². The third-order valence-electron chi connectivity index (χ3n) is 6.91. The Labute approximate surface area is 219 Å². The smallest absolute Gasteiger partial charge is 0.242 e. The molecule has 2 aliphatic rings. The molecular weight excluding hydrogens is 522 g/mol. The van der Waals surface area contributed by atoms with Crippen molar-refractivity contribution in [1.29, 1.82) is 0 Å². The maximum atomic E-state index is 13.6. The number of amides is 4. The van der Waals surface area contributed by atoms with Crippen molar-refractivity contribution in [3.63, 3.8) is 0 Å². The van der Waals surface area contributed by atoms with Crippen LogP contribution in [0.15, 0.2) is 71.2 Å². The van der Waals surface area contributed by atoms with E-state index in [1.807, 2.05) is 66.7 Å². The molecule has 1 saturated heterocycles. The minimum absolute atomic E-state index is 0.0181. The van der Waals surface area contributed by atoms with Crippen LogP contribution in [0.5, 0.6) is 0 Å². The molecule has 0 radical (unpaired) electrons. The molecule has 1 aliphatic heterocycles. The number of likely N-dealkylation sites (N-methyl/N-ethyl adjacent to an activating group) is 1. The van der Waals surface area contributed by atoms with E-state index in [1.54, 1.807) is 11.9 Å². The summed E-state index contributed by atoms with van der Waals surface area (Å²) in [4.78, 5) is 55.2. The minimum Gasteiger partial charge on any atom is -0.357 e. The van der Waals surface area contributed by atoms with Gasteiger partial charge in [0, 0.05) is 37.5 Å². The highest BCUT2D eigenvalue weighted by atomic mass is 79.9. The van der Waals surface area contributed by atoms with E-state index in [-0.39, 0.29) is 55.0 Å². The number of halogens is 1. The zero-order chi connectivity index (χ0) is 25.7. The van der Waals surface area contributed by atoms with Crippen LogP contribution in [0.2, 0.25) is 0 Å². The molecular formula is C28H30BrN3O4. The zero-order valence-corrected chi connectivity index (χ0v) is 21.8. The van der Waals surface area contributed by atoms with E-state index in [4.69, 9.17) is 0 Å². The third-order valence-corrected chi connectivity index (χ3v) is 7.40. The molecule has 7 nitrogen and oxygen atoms in total. The molecule has 2 aromatic rings. The second kappa shape index (κ2) is 11.6. The maximum Gasteiger partial charge on any atom is 0.242 e. The van der Waals surface area contributed by atoms with Gasteiger partial charge in [0.1, 0.15) is 6.04 Å². The average Bonchev–Trinajstić information content (AvgIpc) is 3.14. The Balaban J connectivity index is 1.56. The number of likely N-dealkylation sites (tertiary alicyclic amines) is 1. The summed E-state index contributed by atoms with van der Waals surface area (Å²) in [6.07, 6.45) is 5.31. The molecule has 4 rings (SSSR count). The first kappa shape index (κ1) is 25.8. The van der Waals surface area contributed by atoms with E-state index < -0.39 is 6.04 Å². The summed E-state index contributed by atoms with van der Waals surface area (Å²) in [7, 11) is 1.55. The van der Waals surface area contributed by atoms with Crippen LogP contribution in [0.25, 0.3) is 0 Å². The van der Waals surface area contributed by atoms with Crippen LogP contribution in [0.1, 0.15) is 30.4 Å². The minimum atomic E-state index is -0.749. The quantitative estimate of drug-likeness (QED) is 0.382. The van der Waals surface area contributed by atoms with Crippen molar-refractivity contribution in [2.24, 2.45) is 11.8 Å². The van der Waals surface area contributed by atoms with E-state index in [9.17, 15) is 19.2 Å². The molecule has 3 atom stereocenters. The first-order chi connectivity index (χ1) is 17.4. The van der Waals surface area contributed by atoms with Crippen LogP contribution in [-0.2, 0) is 32.1 Å². The molecule has 1 N–H and O–H groups in total. The number of carbonyl (C=O) groups is 4. The van der Waals surface area contributed by atoms with Gasteiger partial charge in [-0.25, -0.2) is 0 Å². The zero-order valence-electron chi connectivity index (χ0n) is 20.2. The van der Waals surface area contributed by atoms with Crippen molar-refractivity contribution in [3.05, 3.63) is 82.3 Å². The fraction of sp³-hybridized carbons (Fsp3) is 0.357. The second-order valence-electron chi connectivity index (χ2n) is 9.21. The van der Waals surface area contributed by atoms with Gasteiger partial charge in [-0.3, -0.25) is 24.1 Å². The Morgan fingerprint density at radius 3 is 2.25 bits per heavy atom. The SMILES string of the molecule is CNC(=O)C(Cc1ccccc1)N(Cc1cccc(Br)c1)C(=O)CCN1C(=O)[C@H]2CC=CC[C@H]2C1=O. The molecule has 188 valence electrons. The van der Waals surface area contributed by atoms with Crippen molar-refractivity contribution in [1.82, 2.24) is 15.1 Å². The number of hydrogen-bond acceptors (Lipinski definition) is 4. The van der Waals surface area contributed by atoms with Crippen LogP contribution in [0.3, 0.4) is 0 Å². The molecule has 8 heteroatoms. The summed E-state index contributed by atoms with van der Waals surface area (Å²) in [5, 5.41) is 2.70. The van der Waals surface area contributed by atoms with E-state index >= 15 is 0 Å². The van der Waals surface area contributed by atoms with Gasteiger partial charge in [0.25, 0.3) is 0 Å². The molecule has 1 aliphatic carbocycles. The van der Waals surface area contributed by atoms with Crippen LogP contribution in [0, 0.1) is 11.8 Å². The van der Waals surface area contributed by atoms with Gasteiger partial charge in [-0.15, -0.1) is 0 Å². The highest BCUT2D eigenvalue weighted by molar-refractivity contribution is 9.10. The molecule has 36 heavy (non-hydrogen) atoms. The highest BCUT2D eigenvalue weighted by Crippen LogP contribution is 2.35. The molecule has 1 fully saturated rings. The second-order valence-corrected chi connectivity index (χ2v) is 10.1. The molecule has 2 aromatic carbocycles. The predicted octanol–water partition coefficient (Wildman–Crippen LogP) is 3.48. The van der Waals surface area contributed by atoms with Crippen LogP contribution in [-0.4, -0.2) is 53.1 Å². The van der Waals surface area contributed by atoms with Crippen LogP contribution < -0.4 is 5.32 Å². The number of benzene rings is 2. The number of imide groups is 1. The summed E-state index contributed by atoms with van der Waals surface area (Å²) < 4.78 is 0.872. The topological polar surface area (TPSA) is 86.8 Å². The Bertz CT molecular complexity index is 1140. The van der Waals surface area contributed by atoms with Gasteiger partial charge < -0.3 is 10.2 Å². The van der Waals surface area contributed by atoms with E-state index in [0.29, 0.717) is 19.3 Å². The molecule has 0 saturated carbocycles. The highest BCUT2D eigenvalue weighted by Gasteiger charge is 2.47. The largest absolute Gasteiger partial charge is 0.357 e. The van der Waals surface area contributed by atoms with Gasteiger partial charge in [0.2, 0.25) is 23.6 Å². The monoisotopic (exact) mass is 551 g/mol. The number of carbonyl (C=O) groups excluding carboxylic acids is 4. The normalized spacial score (nSPS) is 19.7. The van der Waals surface area contributed by atoms with Crippen LogP contribution >= 0.6 is 15.9 Å². The molecule has 1 heterocycles. The third kappa shape index (κ3) is 5.75. The van der Waals surface area contributed by atoms with Crippen molar-refractivity contribution in [3.8, 4) is 0 Å². The Morgan fingerprint density at radius 2 is 1.64 bits per heavy atom. The van der Waals surface area contributed by atoms with Crippen molar-refractivity contribution < 1.29 is 19.2 Å². The number of nitrogens with zero attached hydrogens (tertiary/aromatic N) is 2. The van der Waals surface area contributed by atoms with Crippen molar-refractivity contribution in [2.75, 3.05) is 13.6 Å². The number of rotatable bonds is 9. The standard InChI is InChI=1S/C28H30BrN3O4/c1-30-26(34)24(17-19-8-3-2-4-9-19)32(18-20-10-7-11-21(29)16-20)25(33)14-15-31-27(35)22-12-5-6-13-23(22)28(31)36/h2-11,16,22-24H,12-15,17-18H2,1H3,(H,30,34)/t22-,23+,24?. The summed E-state index contributed by atoms with van der Waals surface area (Å²) in [6, 6.07) is 16.4. The lowest BCUT2D eigenvalue weighted by Gasteiger charge is -2.31. The molecule has 0 bridgehead atoms. The van der Waals surface area contributed by atoms with Gasteiger partial charge in [0.05, 0.1) is 11.8 Å². The fourth-order valence-electron chi connectivity index (χ4n) is 4.99. The molecule has 1 unspecified atom stereocenters. The Kier molecular flexibility index (Phi) is 8.36. The lowest BCUT2D eigenvalue weighted by Crippen LogP contribution is -2.50. The molecule has 0 aromatic heterocycles. The van der Waals surface area contributed by atoms with Gasteiger partial charge in [-0.2, -0.15) is 0 Å².